The van der Waals surface area contributed by atoms with Gasteiger partial charge in [0, 0.05) is 37.3 Å². The summed E-state index contributed by atoms with van der Waals surface area (Å²) in [5.41, 5.74) is 10.0. The molecule has 9 aromatic carbocycles. The number of nitrogens with zero attached hydrogens (tertiary/aromatic N) is 1. The predicted octanol–water partition coefficient (Wildman–Crippen LogP) is 15.1. The summed E-state index contributed by atoms with van der Waals surface area (Å²) in [6.45, 7) is 0. The summed E-state index contributed by atoms with van der Waals surface area (Å²) in [5, 5.41) is 9.80. The number of thiophene rings is 1. The van der Waals surface area contributed by atoms with Gasteiger partial charge in [-0.2, -0.15) is 0 Å². The molecule has 2 heterocycles. The summed E-state index contributed by atoms with van der Waals surface area (Å²) >= 11 is 1.88. The molecule has 11 aromatic rings. The maximum absolute atomic E-state index is 6.27. The van der Waals surface area contributed by atoms with Gasteiger partial charge in [0.15, 0.2) is 0 Å². The Bertz CT molecular complexity index is 3170. The molecule has 3 heteroatoms. The molecular weight excluding hydrogens is 663 g/mol. The molecule has 0 saturated carbocycles. The zero-order chi connectivity index (χ0) is 34.9. The maximum atomic E-state index is 6.27. The van der Waals surface area contributed by atoms with E-state index in [1.807, 2.05) is 23.5 Å². The normalized spacial score (nSPS) is 11.8. The van der Waals surface area contributed by atoms with Gasteiger partial charge in [-0.25, -0.2) is 0 Å². The van der Waals surface area contributed by atoms with E-state index in [0.29, 0.717) is 0 Å². The van der Waals surface area contributed by atoms with Crippen LogP contribution < -0.4 is 4.90 Å². The predicted molar refractivity (Wildman–Crippen MR) is 227 cm³/mol. The van der Waals surface area contributed by atoms with Crippen LogP contribution in [0.5, 0.6) is 0 Å². The van der Waals surface area contributed by atoms with E-state index in [9.17, 15) is 0 Å². The van der Waals surface area contributed by atoms with Gasteiger partial charge in [0.2, 0.25) is 0 Å². The zero-order valence-electron chi connectivity index (χ0n) is 28.7. The van der Waals surface area contributed by atoms with Gasteiger partial charge in [-0.3, -0.25) is 0 Å². The Kier molecular flexibility index (Phi) is 6.76. The molecule has 0 aliphatic rings. The third-order valence-corrected chi connectivity index (χ3v) is 11.9. The van der Waals surface area contributed by atoms with E-state index in [4.69, 9.17) is 4.42 Å². The summed E-state index contributed by atoms with van der Waals surface area (Å²) in [5.74, 6) is 0. The van der Waals surface area contributed by atoms with Crippen molar-refractivity contribution >= 4 is 92.1 Å². The van der Waals surface area contributed by atoms with Crippen LogP contribution in [-0.2, 0) is 0 Å². The Morgan fingerprint density at radius 2 is 1.04 bits per heavy atom. The quantitative estimate of drug-likeness (QED) is 0.167. The van der Waals surface area contributed by atoms with Gasteiger partial charge in [0.25, 0.3) is 0 Å². The fourth-order valence-corrected chi connectivity index (χ4v) is 9.51. The Labute approximate surface area is 310 Å². The molecule has 0 aliphatic carbocycles. The first-order valence-electron chi connectivity index (χ1n) is 18.0. The molecule has 0 unspecified atom stereocenters. The number of hydrogen-bond donors (Lipinski definition) is 0. The smallest absolute Gasteiger partial charge is 0.136 e. The molecule has 11 rings (SSSR count). The minimum atomic E-state index is 0.905. The lowest BCUT2D eigenvalue weighted by atomic mass is 9.96. The van der Waals surface area contributed by atoms with Gasteiger partial charge in [-0.1, -0.05) is 146 Å². The van der Waals surface area contributed by atoms with Crippen LogP contribution in [-0.4, -0.2) is 0 Å². The number of para-hydroxylation sites is 1. The van der Waals surface area contributed by atoms with E-state index < -0.39 is 0 Å². The zero-order valence-corrected chi connectivity index (χ0v) is 29.5. The molecule has 0 amide bonds. The third kappa shape index (κ3) is 4.71. The van der Waals surface area contributed by atoms with E-state index in [2.05, 4.69) is 181 Å². The molecule has 2 nitrogen and oxygen atoms in total. The van der Waals surface area contributed by atoms with Crippen molar-refractivity contribution in [3.63, 3.8) is 0 Å². The van der Waals surface area contributed by atoms with Gasteiger partial charge in [0.1, 0.15) is 11.2 Å². The van der Waals surface area contributed by atoms with Crippen molar-refractivity contribution < 1.29 is 4.42 Å². The molecule has 0 saturated heterocycles. The van der Waals surface area contributed by atoms with E-state index in [1.165, 1.54) is 58.4 Å². The highest BCUT2D eigenvalue weighted by Gasteiger charge is 2.23. The third-order valence-electron chi connectivity index (χ3n) is 10.7. The second-order valence-corrected chi connectivity index (χ2v) is 14.7. The fraction of sp³-hybridized carbons (Fsp3) is 0. The molecule has 0 spiro atoms. The first-order valence-corrected chi connectivity index (χ1v) is 18.8. The summed E-state index contributed by atoms with van der Waals surface area (Å²) < 4.78 is 8.82. The van der Waals surface area contributed by atoms with E-state index in [1.54, 1.807) is 0 Å². The number of fused-ring (bicyclic) bond motifs is 9. The molecule has 2 aromatic heterocycles. The highest BCUT2D eigenvalue weighted by molar-refractivity contribution is 7.26. The monoisotopic (exact) mass is 693 g/mol. The van der Waals surface area contributed by atoms with Crippen LogP contribution >= 0.6 is 11.3 Å². The fourth-order valence-electron chi connectivity index (χ4n) is 8.28. The first-order chi connectivity index (χ1) is 26.3. The second-order valence-electron chi connectivity index (χ2n) is 13.6. The summed E-state index contributed by atoms with van der Waals surface area (Å²) in [7, 11) is 0. The van der Waals surface area contributed by atoms with Crippen LogP contribution in [0.25, 0.3) is 85.9 Å². The average Bonchev–Trinajstić information content (AvgIpc) is 3.81. The van der Waals surface area contributed by atoms with Crippen molar-refractivity contribution in [3.05, 3.63) is 188 Å². The van der Waals surface area contributed by atoms with Crippen molar-refractivity contribution in [1.29, 1.82) is 0 Å². The largest absolute Gasteiger partial charge is 0.456 e. The molecule has 53 heavy (non-hydrogen) atoms. The van der Waals surface area contributed by atoms with Crippen molar-refractivity contribution in [3.8, 4) is 22.3 Å². The van der Waals surface area contributed by atoms with Crippen molar-refractivity contribution in [1.82, 2.24) is 0 Å². The van der Waals surface area contributed by atoms with Crippen LogP contribution in [0, 0.1) is 0 Å². The summed E-state index contributed by atoms with van der Waals surface area (Å²) in [6, 6.07) is 68.0. The number of furan rings is 1. The van der Waals surface area contributed by atoms with Gasteiger partial charge in [-0.15, -0.1) is 11.3 Å². The van der Waals surface area contributed by atoms with Crippen molar-refractivity contribution in [2.75, 3.05) is 4.90 Å². The Hall–Kier alpha value is -6.68. The Morgan fingerprint density at radius 3 is 1.89 bits per heavy atom. The van der Waals surface area contributed by atoms with E-state index >= 15 is 0 Å². The van der Waals surface area contributed by atoms with Gasteiger partial charge < -0.3 is 9.32 Å². The lowest BCUT2D eigenvalue weighted by Crippen LogP contribution is -2.11. The molecule has 0 fully saturated rings. The van der Waals surface area contributed by atoms with Crippen molar-refractivity contribution in [2.45, 2.75) is 0 Å². The number of benzene rings is 9. The molecule has 0 N–H and O–H groups in total. The SMILES string of the molecule is c1ccc(-c2ccc(N(c3ccc(-c4cccc5oc6ccccc6c45)cc3)c3cc4ccccc4c4ccccc34)c3sc4ccccc4c23)cc1. The minimum absolute atomic E-state index is 0.905. The molecule has 248 valence electrons. The Morgan fingerprint density at radius 1 is 0.396 bits per heavy atom. The standard InChI is InChI=1S/C50H31NOS/c1-2-13-32(14-3-1)38-29-30-43(50-49(38)42-20-9-11-24-47(42)53-50)51(44-31-34-15-4-5-16-36(34)39-17-6-7-18-40(39)44)35-27-25-33(26-28-35)37-21-12-23-46-48(37)41-19-8-10-22-45(41)52-46/h1-31H. The maximum Gasteiger partial charge on any atom is 0.136 e. The highest BCUT2D eigenvalue weighted by Crippen LogP contribution is 2.50. The van der Waals surface area contributed by atoms with E-state index in [0.717, 1.165) is 44.6 Å². The number of hydrogen-bond acceptors (Lipinski definition) is 3. The van der Waals surface area contributed by atoms with Crippen LogP contribution in [0.1, 0.15) is 0 Å². The molecule has 0 aliphatic heterocycles. The Balaban J connectivity index is 1.19. The summed E-state index contributed by atoms with van der Waals surface area (Å²) in [6.07, 6.45) is 0. The van der Waals surface area contributed by atoms with Crippen LogP contribution in [0.15, 0.2) is 192 Å². The average molecular weight is 694 g/mol. The molecule has 0 bridgehead atoms. The van der Waals surface area contributed by atoms with Crippen LogP contribution in [0.2, 0.25) is 0 Å². The van der Waals surface area contributed by atoms with Crippen LogP contribution in [0.3, 0.4) is 0 Å². The minimum Gasteiger partial charge on any atom is -0.456 e. The summed E-state index contributed by atoms with van der Waals surface area (Å²) in [4.78, 5) is 2.48. The van der Waals surface area contributed by atoms with E-state index in [-0.39, 0.29) is 0 Å². The van der Waals surface area contributed by atoms with Crippen LogP contribution in [0.4, 0.5) is 17.1 Å². The lowest BCUT2D eigenvalue weighted by Gasteiger charge is -2.28. The number of anilines is 3. The van der Waals surface area contributed by atoms with Gasteiger partial charge in [0.05, 0.1) is 16.1 Å². The van der Waals surface area contributed by atoms with Crippen molar-refractivity contribution in [2.24, 2.45) is 0 Å². The van der Waals surface area contributed by atoms with Gasteiger partial charge >= 0.3 is 0 Å². The topological polar surface area (TPSA) is 16.4 Å². The lowest BCUT2D eigenvalue weighted by molar-refractivity contribution is 0.669. The first kappa shape index (κ1) is 30.0. The number of rotatable bonds is 5. The highest BCUT2D eigenvalue weighted by atomic mass is 32.1. The molecular formula is C50H31NOS. The molecule has 0 atom stereocenters. The van der Waals surface area contributed by atoms with Gasteiger partial charge in [-0.05, 0) is 80.9 Å². The second kappa shape index (κ2) is 11.9. The molecule has 0 radical (unpaired) electrons.